The first kappa shape index (κ1) is 33.1. The van der Waals surface area contributed by atoms with Crippen LogP contribution in [0.4, 0.5) is 0 Å². The van der Waals surface area contributed by atoms with Gasteiger partial charge in [0.25, 0.3) is 0 Å². The van der Waals surface area contributed by atoms with Crippen molar-refractivity contribution in [2.24, 2.45) is 0 Å². The van der Waals surface area contributed by atoms with Crippen molar-refractivity contribution < 1.29 is 9.84 Å². The Kier molecular flexibility index (Phi) is 12.4. The van der Waals surface area contributed by atoms with E-state index < -0.39 is 5.60 Å². The van der Waals surface area contributed by atoms with Crippen molar-refractivity contribution in [3.05, 3.63) is 144 Å². The van der Waals surface area contributed by atoms with Crippen LogP contribution in [0.2, 0.25) is 0 Å². The van der Waals surface area contributed by atoms with Crippen LogP contribution in [0.5, 0.6) is 0 Å². The van der Waals surface area contributed by atoms with E-state index in [1.165, 1.54) is 69.5 Å². The van der Waals surface area contributed by atoms with Gasteiger partial charge in [0.1, 0.15) is 11.2 Å². The molecule has 0 saturated carbocycles. The summed E-state index contributed by atoms with van der Waals surface area (Å²) in [4.78, 5) is 5.09. The first-order valence-electron chi connectivity index (χ1n) is 17.1. The normalized spacial score (nSPS) is 16.0. The second-order valence-corrected chi connectivity index (χ2v) is 12.7. The summed E-state index contributed by atoms with van der Waals surface area (Å²) in [5.41, 5.74) is 3.24. The molecule has 4 heteroatoms. The molecule has 2 aliphatic rings. The summed E-state index contributed by atoms with van der Waals surface area (Å²) in [7, 11) is 1.84. The molecule has 2 fully saturated rings. The Labute approximate surface area is 271 Å². The van der Waals surface area contributed by atoms with E-state index in [4.69, 9.17) is 4.74 Å². The lowest BCUT2D eigenvalue weighted by atomic mass is 9.82. The van der Waals surface area contributed by atoms with E-state index in [-0.39, 0.29) is 5.60 Å². The number of benzene rings is 4. The zero-order valence-corrected chi connectivity index (χ0v) is 27.2. The summed E-state index contributed by atoms with van der Waals surface area (Å²) >= 11 is 0. The van der Waals surface area contributed by atoms with Gasteiger partial charge in [0, 0.05) is 7.11 Å². The largest absolute Gasteiger partial charge is 0.380 e. The Morgan fingerprint density at radius 2 is 0.844 bits per heavy atom. The molecule has 0 amide bonds. The predicted octanol–water partition coefficient (Wildman–Crippen LogP) is 8.25. The molecule has 4 aromatic rings. The molecule has 2 saturated heterocycles. The van der Waals surface area contributed by atoms with Crippen LogP contribution in [0.25, 0.3) is 0 Å². The average molecular weight is 605 g/mol. The van der Waals surface area contributed by atoms with Gasteiger partial charge < -0.3 is 19.6 Å². The van der Waals surface area contributed by atoms with Crippen LogP contribution in [-0.4, -0.2) is 61.3 Å². The summed E-state index contributed by atoms with van der Waals surface area (Å²) < 4.78 is 6.16. The average Bonchev–Trinajstić information content (AvgIpc) is 3.84. The Bertz CT molecular complexity index is 1270. The van der Waals surface area contributed by atoms with Crippen molar-refractivity contribution >= 4 is 0 Å². The molecule has 0 aromatic heterocycles. The van der Waals surface area contributed by atoms with Gasteiger partial charge in [0.2, 0.25) is 0 Å². The van der Waals surface area contributed by atoms with Crippen LogP contribution < -0.4 is 0 Å². The summed E-state index contributed by atoms with van der Waals surface area (Å²) in [5, 5.41) is 11.4. The fraction of sp³-hybridized carbons (Fsp3) is 0.415. The molecule has 238 valence electrons. The van der Waals surface area contributed by atoms with E-state index in [1.807, 2.05) is 67.8 Å². The summed E-state index contributed by atoms with van der Waals surface area (Å²) in [5.74, 6) is 0. The summed E-state index contributed by atoms with van der Waals surface area (Å²) in [6.07, 6.45) is 9.28. The lowest BCUT2D eigenvalue weighted by Gasteiger charge is -2.34. The molecule has 0 radical (unpaired) electrons. The minimum atomic E-state index is -0.887. The highest BCUT2D eigenvalue weighted by Crippen LogP contribution is 2.38. The lowest BCUT2D eigenvalue weighted by Crippen LogP contribution is -2.32. The molecule has 1 N–H and O–H groups in total. The van der Waals surface area contributed by atoms with E-state index in [0.29, 0.717) is 0 Å². The van der Waals surface area contributed by atoms with Crippen LogP contribution in [0.1, 0.15) is 73.6 Å². The van der Waals surface area contributed by atoms with Gasteiger partial charge in [-0.25, -0.2) is 0 Å². The number of aliphatic hydroxyl groups is 1. The zero-order valence-electron chi connectivity index (χ0n) is 27.2. The lowest BCUT2D eigenvalue weighted by molar-refractivity contribution is 0.0111. The van der Waals surface area contributed by atoms with Gasteiger partial charge in [-0.05, 0) is 113 Å². The first-order chi connectivity index (χ1) is 22.1. The first-order valence-corrected chi connectivity index (χ1v) is 17.1. The molecular weight excluding hydrogens is 552 g/mol. The second-order valence-electron chi connectivity index (χ2n) is 12.7. The third-order valence-corrected chi connectivity index (χ3v) is 9.74. The molecule has 0 spiro atoms. The van der Waals surface area contributed by atoms with Crippen LogP contribution >= 0.6 is 0 Å². The maximum atomic E-state index is 11.4. The maximum Gasteiger partial charge on any atom is 0.118 e. The Balaban J connectivity index is 0.000000178. The Morgan fingerprint density at radius 1 is 0.511 bits per heavy atom. The number of hydrogen-bond acceptors (Lipinski definition) is 4. The van der Waals surface area contributed by atoms with Crippen molar-refractivity contribution in [2.45, 2.75) is 62.6 Å². The van der Waals surface area contributed by atoms with Crippen molar-refractivity contribution in [3.63, 3.8) is 0 Å². The number of rotatable bonds is 13. The van der Waals surface area contributed by atoms with E-state index in [0.717, 1.165) is 43.4 Å². The van der Waals surface area contributed by atoms with E-state index in [9.17, 15) is 5.11 Å². The van der Waals surface area contributed by atoms with Crippen molar-refractivity contribution in [1.29, 1.82) is 0 Å². The summed E-state index contributed by atoms with van der Waals surface area (Å²) in [6.45, 7) is 7.21. The molecule has 0 unspecified atom stereocenters. The molecule has 2 heterocycles. The molecule has 6 rings (SSSR count). The molecule has 4 aromatic carbocycles. The quantitative estimate of drug-likeness (QED) is 0.167. The smallest absolute Gasteiger partial charge is 0.118 e. The van der Waals surface area contributed by atoms with Crippen LogP contribution in [0.15, 0.2) is 121 Å². The van der Waals surface area contributed by atoms with Crippen molar-refractivity contribution in [1.82, 2.24) is 9.80 Å². The van der Waals surface area contributed by atoms with E-state index in [2.05, 4.69) is 70.5 Å². The molecule has 0 aliphatic carbocycles. The highest BCUT2D eigenvalue weighted by molar-refractivity contribution is 5.37. The molecular formula is C41H52N2O2. The maximum absolute atomic E-state index is 11.4. The van der Waals surface area contributed by atoms with Gasteiger partial charge in [-0.3, -0.25) is 0 Å². The van der Waals surface area contributed by atoms with E-state index in [1.54, 1.807) is 0 Å². The molecule has 0 bridgehead atoms. The fourth-order valence-corrected chi connectivity index (χ4v) is 7.21. The van der Waals surface area contributed by atoms with Gasteiger partial charge in [-0.15, -0.1) is 0 Å². The topological polar surface area (TPSA) is 35.9 Å². The van der Waals surface area contributed by atoms with Crippen LogP contribution in [0, 0.1) is 0 Å². The molecule has 45 heavy (non-hydrogen) atoms. The van der Waals surface area contributed by atoms with Crippen molar-refractivity contribution in [3.8, 4) is 0 Å². The molecule has 2 aliphatic heterocycles. The minimum absolute atomic E-state index is 0.345. The molecule has 4 nitrogen and oxygen atoms in total. The standard InChI is InChI=1S/C21H27NO.C20H25NO/c1-23-21(19-11-4-2-5-12-19,20-13-6-3-7-14-20)15-10-18-22-16-8-9-17-22;22-20(18-10-3-1-4-11-18,19-12-5-2-6-13-19)14-9-17-21-15-7-8-16-21/h2-7,11-14H,8-10,15-18H2,1H3;1-6,10-13,22H,7-9,14-17H2. The number of hydrogen-bond donors (Lipinski definition) is 1. The van der Waals surface area contributed by atoms with Gasteiger partial charge in [-0.2, -0.15) is 0 Å². The second kappa shape index (κ2) is 16.9. The number of nitrogens with zero attached hydrogens (tertiary/aromatic N) is 2. The number of likely N-dealkylation sites (tertiary alicyclic amines) is 2. The Hall–Kier alpha value is -3.28. The highest BCUT2D eigenvalue weighted by atomic mass is 16.5. The highest BCUT2D eigenvalue weighted by Gasteiger charge is 2.34. The SMILES string of the molecule is COC(CCCN1CCCC1)(c1ccccc1)c1ccccc1.OC(CCCN1CCCC1)(c1ccccc1)c1ccccc1. The van der Waals surface area contributed by atoms with E-state index >= 15 is 0 Å². The van der Waals surface area contributed by atoms with Gasteiger partial charge in [-0.1, -0.05) is 121 Å². The summed E-state index contributed by atoms with van der Waals surface area (Å²) in [6, 6.07) is 41.4. The van der Waals surface area contributed by atoms with Gasteiger partial charge in [0.05, 0.1) is 0 Å². The van der Waals surface area contributed by atoms with Gasteiger partial charge >= 0.3 is 0 Å². The van der Waals surface area contributed by atoms with Crippen molar-refractivity contribution in [2.75, 3.05) is 46.4 Å². The third kappa shape index (κ3) is 8.71. The fourth-order valence-electron chi connectivity index (χ4n) is 7.21. The number of ether oxygens (including phenoxy) is 1. The van der Waals surface area contributed by atoms with Crippen LogP contribution in [-0.2, 0) is 15.9 Å². The van der Waals surface area contributed by atoms with Gasteiger partial charge in [0.15, 0.2) is 0 Å². The monoisotopic (exact) mass is 604 g/mol. The Morgan fingerprint density at radius 3 is 1.20 bits per heavy atom. The number of methoxy groups -OCH3 is 1. The zero-order chi connectivity index (χ0) is 31.2. The predicted molar refractivity (Wildman–Crippen MR) is 186 cm³/mol. The minimum Gasteiger partial charge on any atom is -0.380 e. The molecule has 0 atom stereocenters. The third-order valence-electron chi connectivity index (χ3n) is 9.74. The van der Waals surface area contributed by atoms with Crippen LogP contribution in [0.3, 0.4) is 0 Å².